The number of nitrogens with zero attached hydrogens (tertiary/aromatic N) is 4. The second kappa shape index (κ2) is 12.1. The van der Waals surface area contributed by atoms with E-state index in [0.717, 1.165) is 72.0 Å². The molecule has 10 rings (SSSR count). The molecule has 3 aromatic heterocycles. The van der Waals surface area contributed by atoms with Gasteiger partial charge in [0.1, 0.15) is 11.2 Å². The van der Waals surface area contributed by atoms with Gasteiger partial charge in [0, 0.05) is 55.1 Å². The number of allylic oxidation sites excluding steroid dienone is 1. The van der Waals surface area contributed by atoms with Crippen LogP contribution in [0.2, 0.25) is 0 Å². The fraction of sp³-hybridized carbons (Fsp3) is 0. The van der Waals surface area contributed by atoms with Gasteiger partial charge in [-0.2, -0.15) is 0 Å². The maximum Gasteiger partial charge on any atom is 0.164 e. The number of nitrogens with one attached hydrogen (secondary N) is 2. The van der Waals surface area contributed by atoms with E-state index in [1.165, 1.54) is 0 Å². The van der Waals surface area contributed by atoms with Crippen LogP contribution in [-0.4, -0.2) is 31.4 Å². The minimum Gasteiger partial charge on any atom is -0.455 e. The first-order valence-corrected chi connectivity index (χ1v) is 17.3. The number of benzene rings is 6. The third kappa shape index (κ3) is 5.14. The van der Waals surface area contributed by atoms with Crippen molar-refractivity contribution in [1.82, 2.24) is 19.9 Å². The lowest BCUT2D eigenvalue weighted by Gasteiger charge is -2.19. The zero-order valence-corrected chi connectivity index (χ0v) is 28.2. The largest absolute Gasteiger partial charge is 0.455 e. The Morgan fingerprint density at radius 2 is 1.06 bits per heavy atom. The van der Waals surface area contributed by atoms with E-state index in [1.54, 1.807) is 6.08 Å². The van der Waals surface area contributed by atoms with Crippen molar-refractivity contribution in [3.63, 3.8) is 0 Å². The van der Waals surface area contributed by atoms with Crippen molar-refractivity contribution in [3.05, 3.63) is 163 Å². The molecule has 0 atom stereocenters. The van der Waals surface area contributed by atoms with Crippen LogP contribution in [0, 0.1) is 10.8 Å². The van der Waals surface area contributed by atoms with Gasteiger partial charge in [-0.05, 0) is 29.8 Å². The maximum absolute atomic E-state index is 8.88. The maximum atomic E-state index is 8.88. The quantitative estimate of drug-likeness (QED) is 0.188. The number of hydrogen-bond donors (Lipinski definition) is 2. The van der Waals surface area contributed by atoms with Gasteiger partial charge in [-0.3, -0.25) is 10.8 Å². The number of hydrogen-bond acceptors (Lipinski definition) is 7. The van der Waals surface area contributed by atoms with Gasteiger partial charge >= 0.3 is 0 Å². The molecule has 1 aliphatic carbocycles. The first-order chi connectivity index (χ1) is 26.1. The molecule has 0 aliphatic heterocycles. The summed E-state index contributed by atoms with van der Waals surface area (Å²) in [6, 6.07) is 48.4. The zero-order valence-electron chi connectivity index (χ0n) is 28.2. The molecule has 0 unspecified atom stereocenters. The zero-order chi connectivity index (χ0) is 35.5. The van der Waals surface area contributed by atoms with E-state index in [-0.39, 0.29) is 11.4 Å². The molecule has 7 heteroatoms. The van der Waals surface area contributed by atoms with Crippen LogP contribution in [0.25, 0.3) is 95.5 Å². The van der Waals surface area contributed by atoms with Gasteiger partial charge in [-0.15, -0.1) is 0 Å². The molecule has 1 aliphatic rings. The Kier molecular flexibility index (Phi) is 6.97. The van der Waals surface area contributed by atoms with E-state index in [4.69, 9.17) is 35.2 Å². The van der Waals surface area contributed by atoms with Crippen LogP contribution in [0.4, 0.5) is 0 Å². The summed E-state index contributed by atoms with van der Waals surface area (Å²) in [7, 11) is 0. The second-order valence-corrected chi connectivity index (χ2v) is 13.0. The smallest absolute Gasteiger partial charge is 0.164 e. The Labute approximate surface area is 304 Å². The minimum absolute atomic E-state index is 0.169. The van der Waals surface area contributed by atoms with Crippen molar-refractivity contribution in [2.45, 2.75) is 0 Å². The van der Waals surface area contributed by atoms with Gasteiger partial charge in [0.15, 0.2) is 17.5 Å². The van der Waals surface area contributed by atoms with E-state index >= 15 is 0 Å². The molecule has 0 amide bonds. The van der Waals surface area contributed by atoms with Gasteiger partial charge < -0.3 is 4.42 Å². The minimum atomic E-state index is 0.169. The van der Waals surface area contributed by atoms with Crippen LogP contribution in [0.15, 0.2) is 156 Å². The summed E-state index contributed by atoms with van der Waals surface area (Å²) >= 11 is 0. The van der Waals surface area contributed by atoms with Gasteiger partial charge in [0.2, 0.25) is 0 Å². The number of fused-ring (bicyclic) bond motifs is 6. The molecule has 6 aromatic carbocycles. The van der Waals surface area contributed by atoms with Gasteiger partial charge in [-0.1, -0.05) is 133 Å². The average molecular weight is 681 g/mol. The predicted molar refractivity (Wildman–Crippen MR) is 213 cm³/mol. The lowest BCUT2D eigenvalue weighted by molar-refractivity contribution is 0.670. The molecule has 53 heavy (non-hydrogen) atoms. The fourth-order valence-electron chi connectivity index (χ4n) is 7.17. The van der Waals surface area contributed by atoms with Crippen LogP contribution < -0.4 is 0 Å². The molecule has 0 radical (unpaired) electrons. The summed E-state index contributed by atoms with van der Waals surface area (Å²) < 4.78 is 6.32. The summed E-state index contributed by atoms with van der Waals surface area (Å²) in [6.07, 6.45) is 3.56. The highest BCUT2D eigenvalue weighted by atomic mass is 16.3. The van der Waals surface area contributed by atoms with E-state index in [9.17, 15) is 0 Å². The third-order valence-corrected chi connectivity index (χ3v) is 9.79. The van der Waals surface area contributed by atoms with Crippen LogP contribution in [0.1, 0.15) is 11.1 Å². The lowest BCUT2D eigenvalue weighted by atomic mass is 9.88. The predicted octanol–water partition coefficient (Wildman–Crippen LogP) is 11.1. The molecule has 248 valence electrons. The molecule has 3 heterocycles. The molecule has 7 nitrogen and oxygen atoms in total. The molecule has 0 fully saturated rings. The topological polar surface area (TPSA) is 112 Å². The summed E-state index contributed by atoms with van der Waals surface area (Å²) in [5.74, 6) is 1.62. The number of furan rings is 1. The van der Waals surface area contributed by atoms with E-state index in [0.29, 0.717) is 28.6 Å². The van der Waals surface area contributed by atoms with E-state index in [1.807, 2.05) is 115 Å². The van der Waals surface area contributed by atoms with Crippen molar-refractivity contribution in [2.75, 3.05) is 0 Å². The van der Waals surface area contributed by atoms with Crippen molar-refractivity contribution in [2.24, 2.45) is 0 Å². The standard InChI is InChI=1S/C46H28N6O/c47-37-25-24-36-40(41(37)48)35-23-22-31(26-38(35)49-42(36)28-10-3-1-4-11-28)46-51-44(29-12-5-2-6-13-29)50-45(52-46)30-20-18-27(19-21-30)32-15-9-16-34-33-14-7-8-17-39(33)53-43(32)34/h1-26,47-48H. The molecular weight excluding hydrogens is 653 g/mol. The van der Waals surface area contributed by atoms with E-state index < -0.39 is 0 Å². The summed E-state index contributed by atoms with van der Waals surface area (Å²) in [5, 5.41) is 20.3. The molecule has 2 N–H and O–H groups in total. The first-order valence-electron chi connectivity index (χ1n) is 17.3. The summed E-state index contributed by atoms with van der Waals surface area (Å²) in [5.41, 5.74) is 10.6. The van der Waals surface area contributed by atoms with Gasteiger partial charge in [0.25, 0.3) is 0 Å². The highest BCUT2D eigenvalue weighted by Crippen LogP contribution is 2.38. The summed E-state index contributed by atoms with van der Waals surface area (Å²) in [6.45, 7) is 0. The van der Waals surface area contributed by atoms with Crippen molar-refractivity contribution in [1.29, 1.82) is 10.8 Å². The van der Waals surface area contributed by atoms with Crippen LogP contribution >= 0.6 is 0 Å². The Balaban J connectivity index is 1.11. The van der Waals surface area contributed by atoms with Crippen LogP contribution in [-0.2, 0) is 0 Å². The van der Waals surface area contributed by atoms with Crippen molar-refractivity contribution < 1.29 is 4.42 Å². The SMILES string of the molecule is N=C1C=Cc2c(-c3ccccc3)nc3cc(-c4nc(-c5ccccc5)nc(-c5ccc(-c6cccc7c6oc6ccccc67)cc5)n4)ccc3c2C1=N. The van der Waals surface area contributed by atoms with Crippen LogP contribution in [0.5, 0.6) is 0 Å². The summed E-state index contributed by atoms with van der Waals surface area (Å²) in [4.78, 5) is 20.1. The lowest BCUT2D eigenvalue weighted by Crippen LogP contribution is -2.17. The first kappa shape index (κ1) is 30.4. The molecule has 9 aromatic rings. The molecule has 0 bridgehead atoms. The number of aromatic nitrogens is 4. The van der Waals surface area contributed by atoms with Crippen molar-refractivity contribution in [3.8, 4) is 56.5 Å². The highest BCUT2D eigenvalue weighted by molar-refractivity contribution is 6.54. The van der Waals surface area contributed by atoms with E-state index in [2.05, 4.69) is 36.4 Å². The molecule has 0 saturated carbocycles. The molecular formula is C46H28N6O. The van der Waals surface area contributed by atoms with Gasteiger partial charge in [0.05, 0.1) is 22.6 Å². The Morgan fingerprint density at radius 3 is 1.81 bits per heavy atom. The molecule has 0 saturated heterocycles. The van der Waals surface area contributed by atoms with Gasteiger partial charge in [-0.25, -0.2) is 19.9 Å². The van der Waals surface area contributed by atoms with Crippen molar-refractivity contribution >= 4 is 50.3 Å². The van der Waals surface area contributed by atoms with Crippen LogP contribution in [0.3, 0.4) is 0 Å². The fourth-order valence-corrected chi connectivity index (χ4v) is 7.17. The normalized spacial score (nSPS) is 12.5. The molecule has 0 spiro atoms. The Bertz CT molecular complexity index is 2970. The monoisotopic (exact) mass is 680 g/mol. The highest BCUT2D eigenvalue weighted by Gasteiger charge is 2.24. The Hall–Kier alpha value is -7.38. The number of rotatable bonds is 5. The average Bonchev–Trinajstić information content (AvgIpc) is 3.61. The second-order valence-electron chi connectivity index (χ2n) is 13.0. The number of pyridine rings is 1. The Morgan fingerprint density at radius 1 is 0.453 bits per heavy atom. The number of para-hydroxylation sites is 2. The third-order valence-electron chi connectivity index (χ3n) is 9.79.